The van der Waals surface area contributed by atoms with E-state index in [4.69, 9.17) is 23.2 Å². The first-order chi connectivity index (χ1) is 9.10. The zero-order valence-electron chi connectivity index (χ0n) is 10.3. The first kappa shape index (κ1) is 14.2. The molecular formula is C13H14Cl2N2O2. The SMILES string of the molecule is O=C(CCCCCl)Nc1cc2c(cc1Cl)NC(=O)C2. The first-order valence-corrected chi connectivity index (χ1v) is 6.99. The van der Waals surface area contributed by atoms with Crippen LogP contribution in [-0.4, -0.2) is 17.7 Å². The van der Waals surface area contributed by atoms with E-state index in [-0.39, 0.29) is 11.8 Å². The summed E-state index contributed by atoms with van der Waals surface area (Å²) in [7, 11) is 0. The quantitative estimate of drug-likeness (QED) is 0.648. The monoisotopic (exact) mass is 300 g/mol. The molecule has 6 heteroatoms. The molecule has 0 atom stereocenters. The minimum absolute atomic E-state index is 0.0587. The highest BCUT2D eigenvalue weighted by Gasteiger charge is 2.20. The Bertz CT molecular complexity index is 518. The number of carbonyl (C=O) groups excluding carboxylic acids is 2. The molecule has 19 heavy (non-hydrogen) atoms. The Labute approximate surface area is 121 Å². The third-order valence-electron chi connectivity index (χ3n) is 2.88. The van der Waals surface area contributed by atoms with Crippen molar-refractivity contribution < 1.29 is 9.59 Å². The second-order valence-corrected chi connectivity index (χ2v) is 5.19. The minimum Gasteiger partial charge on any atom is -0.325 e. The van der Waals surface area contributed by atoms with Crippen molar-refractivity contribution in [3.8, 4) is 0 Å². The molecule has 2 rings (SSSR count). The van der Waals surface area contributed by atoms with Crippen LogP contribution in [0.4, 0.5) is 11.4 Å². The molecule has 0 spiro atoms. The lowest BCUT2D eigenvalue weighted by molar-refractivity contribution is -0.116. The second-order valence-electron chi connectivity index (χ2n) is 4.41. The number of hydrogen-bond donors (Lipinski definition) is 2. The lowest BCUT2D eigenvalue weighted by Crippen LogP contribution is -2.11. The Morgan fingerprint density at radius 3 is 2.89 bits per heavy atom. The normalized spacial score (nSPS) is 13.1. The number of unbranched alkanes of at least 4 members (excludes halogenated alkanes) is 1. The van der Waals surface area contributed by atoms with Crippen LogP contribution in [0.3, 0.4) is 0 Å². The number of halogens is 2. The fraction of sp³-hybridized carbons (Fsp3) is 0.385. The number of rotatable bonds is 5. The Kier molecular flexibility index (Phi) is 4.66. The summed E-state index contributed by atoms with van der Waals surface area (Å²) in [6.45, 7) is 0. The molecule has 2 amide bonds. The van der Waals surface area contributed by atoms with Gasteiger partial charge in [-0.05, 0) is 30.5 Å². The van der Waals surface area contributed by atoms with Crippen molar-refractivity contribution in [1.82, 2.24) is 0 Å². The van der Waals surface area contributed by atoms with Crippen LogP contribution in [-0.2, 0) is 16.0 Å². The van der Waals surface area contributed by atoms with E-state index in [1.807, 2.05) is 0 Å². The number of fused-ring (bicyclic) bond motifs is 1. The van der Waals surface area contributed by atoms with Gasteiger partial charge >= 0.3 is 0 Å². The molecule has 1 aromatic carbocycles. The average Bonchev–Trinajstić information content (AvgIpc) is 2.69. The Morgan fingerprint density at radius 2 is 2.16 bits per heavy atom. The summed E-state index contributed by atoms with van der Waals surface area (Å²) in [5.41, 5.74) is 2.12. The van der Waals surface area contributed by atoms with E-state index in [9.17, 15) is 9.59 Å². The van der Waals surface area contributed by atoms with Crippen molar-refractivity contribution in [1.29, 1.82) is 0 Å². The highest BCUT2D eigenvalue weighted by atomic mass is 35.5. The van der Waals surface area contributed by atoms with Crippen LogP contribution in [0.1, 0.15) is 24.8 Å². The average molecular weight is 301 g/mol. The molecule has 1 aliphatic heterocycles. The Hall–Kier alpha value is -1.26. The number of amides is 2. The molecular weight excluding hydrogens is 287 g/mol. The smallest absolute Gasteiger partial charge is 0.228 e. The molecule has 102 valence electrons. The fourth-order valence-electron chi connectivity index (χ4n) is 1.94. The van der Waals surface area contributed by atoms with Crippen molar-refractivity contribution >= 4 is 46.4 Å². The largest absolute Gasteiger partial charge is 0.325 e. The summed E-state index contributed by atoms with van der Waals surface area (Å²) in [5.74, 6) is 0.404. The number of hydrogen-bond acceptors (Lipinski definition) is 2. The van der Waals surface area contributed by atoms with Gasteiger partial charge in [-0.25, -0.2) is 0 Å². The van der Waals surface area contributed by atoms with Crippen molar-refractivity contribution in [3.63, 3.8) is 0 Å². The minimum atomic E-state index is -0.0933. The highest BCUT2D eigenvalue weighted by molar-refractivity contribution is 6.34. The predicted molar refractivity (Wildman–Crippen MR) is 77.0 cm³/mol. The fourth-order valence-corrected chi connectivity index (χ4v) is 2.34. The van der Waals surface area contributed by atoms with Crippen molar-refractivity contribution in [3.05, 3.63) is 22.7 Å². The van der Waals surface area contributed by atoms with Crippen molar-refractivity contribution in [2.75, 3.05) is 16.5 Å². The number of anilines is 2. The van der Waals surface area contributed by atoms with E-state index in [2.05, 4.69) is 10.6 Å². The lowest BCUT2D eigenvalue weighted by atomic mass is 10.1. The van der Waals surface area contributed by atoms with Gasteiger partial charge in [0.1, 0.15) is 0 Å². The van der Waals surface area contributed by atoms with E-state index in [0.717, 1.165) is 24.1 Å². The zero-order chi connectivity index (χ0) is 13.8. The van der Waals surface area contributed by atoms with Gasteiger partial charge < -0.3 is 10.6 Å². The molecule has 0 saturated heterocycles. The van der Waals surface area contributed by atoms with Gasteiger partial charge in [0.2, 0.25) is 11.8 Å². The third-order valence-corrected chi connectivity index (χ3v) is 3.46. The molecule has 0 fully saturated rings. The Morgan fingerprint density at radius 1 is 1.37 bits per heavy atom. The van der Waals surface area contributed by atoms with E-state index in [1.165, 1.54) is 0 Å². The van der Waals surface area contributed by atoms with Crippen LogP contribution in [0, 0.1) is 0 Å². The van der Waals surface area contributed by atoms with E-state index in [0.29, 0.717) is 29.4 Å². The van der Waals surface area contributed by atoms with Crippen LogP contribution in [0.2, 0.25) is 5.02 Å². The van der Waals surface area contributed by atoms with Crippen molar-refractivity contribution in [2.24, 2.45) is 0 Å². The maximum absolute atomic E-state index is 11.7. The van der Waals surface area contributed by atoms with Crippen LogP contribution in [0.5, 0.6) is 0 Å². The lowest BCUT2D eigenvalue weighted by Gasteiger charge is -2.09. The Balaban J connectivity index is 2.03. The highest BCUT2D eigenvalue weighted by Crippen LogP contribution is 2.32. The van der Waals surface area contributed by atoms with Crippen LogP contribution in [0.15, 0.2) is 12.1 Å². The standard InChI is InChI=1S/C13H14Cl2N2O2/c14-4-2-1-3-12(18)17-11-5-8-6-13(19)16-10(8)7-9(11)15/h5,7H,1-4,6H2,(H,16,19)(H,17,18). The molecule has 1 aromatic rings. The maximum atomic E-state index is 11.7. The van der Waals surface area contributed by atoms with E-state index in [1.54, 1.807) is 12.1 Å². The topological polar surface area (TPSA) is 58.2 Å². The first-order valence-electron chi connectivity index (χ1n) is 6.08. The molecule has 0 aromatic heterocycles. The number of nitrogens with one attached hydrogen (secondary N) is 2. The van der Waals surface area contributed by atoms with Gasteiger partial charge in [-0.2, -0.15) is 0 Å². The molecule has 1 aliphatic rings. The van der Waals surface area contributed by atoms with Gasteiger partial charge in [0.15, 0.2) is 0 Å². The summed E-state index contributed by atoms with van der Waals surface area (Å²) in [5, 5.41) is 5.89. The molecule has 1 heterocycles. The van der Waals surface area contributed by atoms with Gasteiger partial charge in [0.25, 0.3) is 0 Å². The van der Waals surface area contributed by atoms with Crippen LogP contribution < -0.4 is 10.6 Å². The third kappa shape index (κ3) is 3.61. The van der Waals surface area contributed by atoms with Gasteiger partial charge in [-0.3, -0.25) is 9.59 Å². The number of benzene rings is 1. The summed E-state index contributed by atoms with van der Waals surface area (Å²) < 4.78 is 0. The summed E-state index contributed by atoms with van der Waals surface area (Å²) >= 11 is 11.6. The molecule has 4 nitrogen and oxygen atoms in total. The number of carbonyl (C=O) groups is 2. The van der Waals surface area contributed by atoms with E-state index >= 15 is 0 Å². The van der Waals surface area contributed by atoms with Gasteiger partial charge in [0, 0.05) is 18.0 Å². The predicted octanol–water partition coefficient (Wildman–Crippen LogP) is 3.18. The van der Waals surface area contributed by atoms with Crippen LogP contribution >= 0.6 is 23.2 Å². The van der Waals surface area contributed by atoms with Crippen LogP contribution in [0.25, 0.3) is 0 Å². The zero-order valence-corrected chi connectivity index (χ0v) is 11.8. The van der Waals surface area contributed by atoms with E-state index < -0.39 is 0 Å². The molecule has 0 unspecified atom stereocenters. The summed E-state index contributed by atoms with van der Waals surface area (Å²) in [4.78, 5) is 23.0. The maximum Gasteiger partial charge on any atom is 0.228 e. The van der Waals surface area contributed by atoms with Gasteiger partial charge in [0.05, 0.1) is 17.1 Å². The van der Waals surface area contributed by atoms with Gasteiger partial charge in [-0.1, -0.05) is 11.6 Å². The molecule has 0 bridgehead atoms. The van der Waals surface area contributed by atoms with Gasteiger partial charge in [-0.15, -0.1) is 11.6 Å². The summed E-state index contributed by atoms with van der Waals surface area (Å²) in [6.07, 6.45) is 2.29. The molecule has 2 N–H and O–H groups in total. The molecule has 0 saturated carbocycles. The second kappa shape index (κ2) is 6.26. The number of alkyl halides is 1. The van der Waals surface area contributed by atoms with Crippen molar-refractivity contribution in [2.45, 2.75) is 25.7 Å². The summed E-state index contributed by atoms with van der Waals surface area (Å²) in [6, 6.07) is 3.41. The molecule has 0 radical (unpaired) electrons. The molecule has 0 aliphatic carbocycles.